The highest BCUT2D eigenvalue weighted by atomic mass is 19.1. The molecule has 4 rings (SSSR count). The number of hydrogen-bond acceptors (Lipinski definition) is 3. The molecular weight excluding hydrogens is 400 g/mol. The van der Waals surface area contributed by atoms with Crippen LogP contribution in [0.1, 0.15) is 11.1 Å². The number of benzene rings is 2. The van der Waals surface area contributed by atoms with Crippen LogP contribution >= 0.6 is 0 Å². The number of fused-ring (bicyclic) bond motifs is 1. The molecular formula is C23H27F2N5O. The first-order valence-electron chi connectivity index (χ1n) is 10.4. The van der Waals surface area contributed by atoms with Gasteiger partial charge in [0.2, 0.25) is 0 Å². The van der Waals surface area contributed by atoms with Crippen molar-refractivity contribution in [1.29, 1.82) is 0 Å². The summed E-state index contributed by atoms with van der Waals surface area (Å²) in [7, 11) is 1.69. The second kappa shape index (κ2) is 9.78. The number of aromatic amines is 1. The average molecular weight is 427 g/mol. The highest BCUT2D eigenvalue weighted by Crippen LogP contribution is 2.22. The van der Waals surface area contributed by atoms with E-state index in [0.29, 0.717) is 57.5 Å². The molecule has 2 heterocycles. The first kappa shape index (κ1) is 21.1. The van der Waals surface area contributed by atoms with Crippen molar-refractivity contribution in [2.45, 2.75) is 13.0 Å². The quantitative estimate of drug-likeness (QED) is 0.418. The van der Waals surface area contributed by atoms with E-state index in [2.05, 4.69) is 20.6 Å². The topological polar surface area (TPSA) is 64.7 Å². The lowest BCUT2D eigenvalue weighted by Crippen LogP contribution is -2.38. The van der Waals surface area contributed by atoms with Gasteiger partial charge >= 0.3 is 0 Å². The van der Waals surface area contributed by atoms with Gasteiger partial charge in [0, 0.05) is 50.3 Å². The van der Waals surface area contributed by atoms with Crippen molar-refractivity contribution in [1.82, 2.24) is 15.6 Å². The van der Waals surface area contributed by atoms with Gasteiger partial charge in [-0.1, -0.05) is 6.07 Å². The fourth-order valence-corrected chi connectivity index (χ4v) is 3.80. The number of nitrogens with zero attached hydrogens (tertiary/aromatic N) is 2. The molecule has 0 radical (unpaired) electrons. The van der Waals surface area contributed by atoms with Crippen molar-refractivity contribution in [2.75, 3.05) is 44.8 Å². The van der Waals surface area contributed by atoms with Gasteiger partial charge in [-0.15, -0.1) is 0 Å². The zero-order chi connectivity index (χ0) is 21.6. The smallest absolute Gasteiger partial charge is 0.191 e. The van der Waals surface area contributed by atoms with E-state index in [9.17, 15) is 8.78 Å². The third-order valence-electron chi connectivity index (χ3n) is 5.46. The Bertz CT molecular complexity index is 1060. The van der Waals surface area contributed by atoms with Gasteiger partial charge in [-0.2, -0.15) is 0 Å². The third kappa shape index (κ3) is 5.14. The van der Waals surface area contributed by atoms with Crippen LogP contribution in [0.25, 0.3) is 10.9 Å². The van der Waals surface area contributed by atoms with Crippen molar-refractivity contribution < 1.29 is 13.5 Å². The molecule has 164 valence electrons. The molecule has 3 aromatic rings. The van der Waals surface area contributed by atoms with Crippen LogP contribution in [0, 0.1) is 11.6 Å². The molecule has 1 aliphatic heterocycles. The summed E-state index contributed by atoms with van der Waals surface area (Å²) in [4.78, 5) is 9.39. The Labute approximate surface area is 180 Å². The Morgan fingerprint density at radius 1 is 1.13 bits per heavy atom. The standard InChI is InChI=1S/C23H27F2N5O/c1-26-23(27-7-6-17-15-28-21-4-3-18(24)13-19(17)21)29-14-16-2-5-22(20(25)12-16)30-8-10-31-11-9-30/h2-5,12-13,15,28H,6-11,14H2,1H3,(H2,26,27,29). The summed E-state index contributed by atoms with van der Waals surface area (Å²) in [6, 6.07) is 10.0. The Hall–Kier alpha value is -3.13. The van der Waals surface area contributed by atoms with Gasteiger partial charge in [0.05, 0.1) is 18.9 Å². The lowest BCUT2D eigenvalue weighted by atomic mass is 10.1. The van der Waals surface area contributed by atoms with Crippen molar-refractivity contribution >= 4 is 22.5 Å². The number of hydrogen-bond donors (Lipinski definition) is 3. The van der Waals surface area contributed by atoms with Gasteiger partial charge < -0.3 is 25.3 Å². The number of nitrogens with one attached hydrogen (secondary N) is 3. The zero-order valence-corrected chi connectivity index (χ0v) is 17.5. The van der Waals surface area contributed by atoms with Crippen LogP contribution in [0.2, 0.25) is 0 Å². The van der Waals surface area contributed by atoms with E-state index in [0.717, 1.165) is 22.0 Å². The van der Waals surface area contributed by atoms with Gasteiger partial charge in [-0.05, 0) is 47.9 Å². The Balaban J connectivity index is 1.29. The van der Waals surface area contributed by atoms with Gasteiger partial charge in [-0.3, -0.25) is 4.99 Å². The molecule has 1 aliphatic rings. The van der Waals surface area contributed by atoms with Crippen LogP contribution in [0.3, 0.4) is 0 Å². The van der Waals surface area contributed by atoms with E-state index in [1.807, 2.05) is 23.2 Å². The molecule has 6 nitrogen and oxygen atoms in total. The number of halogens is 2. The second-order valence-corrected chi connectivity index (χ2v) is 7.49. The number of morpholine rings is 1. The maximum Gasteiger partial charge on any atom is 0.191 e. The lowest BCUT2D eigenvalue weighted by molar-refractivity contribution is 0.122. The summed E-state index contributed by atoms with van der Waals surface area (Å²) in [5.74, 6) is 0.157. The Morgan fingerprint density at radius 3 is 2.74 bits per heavy atom. The summed E-state index contributed by atoms with van der Waals surface area (Å²) in [5.41, 5.74) is 3.41. The molecule has 1 fully saturated rings. The summed E-state index contributed by atoms with van der Waals surface area (Å²) in [5, 5.41) is 7.35. The van der Waals surface area contributed by atoms with Crippen LogP contribution in [0.4, 0.5) is 14.5 Å². The molecule has 0 amide bonds. The molecule has 31 heavy (non-hydrogen) atoms. The number of aliphatic imine (C=N–C) groups is 1. The molecule has 0 spiro atoms. The molecule has 8 heteroatoms. The van der Waals surface area contributed by atoms with E-state index in [-0.39, 0.29) is 11.6 Å². The predicted molar refractivity (Wildman–Crippen MR) is 120 cm³/mol. The van der Waals surface area contributed by atoms with E-state index < -0.39 is 0 Å². The fourth-order valence-electron chi connectivity index (χ4n) is 3.80. The molecule has 3 N–H and O–H groups in total. The Morgan fingerprint density at radius 2 is 1.97 bits per heavy atom. The van der Waals surface area contributed by atoms with Crippen molar-refractivity contribution in [3.05, 3.63) is 65.4 Å². The molecule has 2 aromatic carbocycles. The van der Waals surface area contributed by atoms with Crippen molar-refractivity contribution in [3.8, 4) is 0 Å². The lowest BCUT2D eigenvalue weighted by Gasteiger charge is -2.29. The van der Waals surface area contributed by atoms with Crippen LogP contribution in [-0.2, 0) is 17.7 Å². The molecule has 0 aliphatic carbocycles. The van der Waals surface area contributed by atoms with Gasteiger partial charge in [0.25, 0.3) is 0 Å². The normalized spacial score (nSPS) is 14.8. The number of anilines is 1. The minimum absolute atomic E-state index is 0.226. The highest BCUT2D eigenvalue weighted by Gasteiger charge is 2.15. The number of rotatable bonds is 6. The zero-order valence-electron chi connectivity index (χ0n) is 17.5. The van der Waals surface area contributed by atoms with Crippen LogP contribution in [0.15, 0.2) is 47.6 Å². The maximum atomic E-state index is 14.6. The number of guanidine groups is 1. The first-order chi connectivity index (χ1) is 15.1. The second-order valence-electron chi connectivity index (χ2n) is 7.49. The summed E-state index contributed by atoms with van der Waals surface area (Å²) < 4.78 is 33.4. The summed E-state index contributed by atoms with van der Waals surface area (Å²) in [6.45, 7) is 3.74. The van der Waals surface area contributed by atoms with Crippen LogP contribution < -0.4 is 15.5 Å². The Kier molecular flexibility index (Phi) is 6.66. The van der Waals surface area contributed by atoms with E-state index in [1.165, 1.54) is 6.07 Å². The van der Waals surface area contributed by atoms with E-state index in [1.54, 1.807) is 25.2 Å². The molecule has 0 unspecified atom stereocenters. The van der Waals surface area contributed by atoms with E-state index >= 15 is 0 Å². The largest absolute Gasteiger partial charge is 0.378 e. The fraction of sp³-hybridized carbons (Fsp3) is 0.348. The molecule has 1 aromatic heterocycles. The monoisotopic (exact) mass is 427 g/mol. The van der Waals surface area contributed by atoms with Crippen LogP contribution in [-0.4, -0.2) is 50.8 Å². The van der Waals surface area contributed by atoms with Gasteiger partial charge in [-0.25, -0.2) is 8.78 Å². The van der Waals surface area contributed by atoms with Crippen molar-refractivity contribution in [3.63, 3.8) is 0 Å². The summed E-state index contributed by atoms with van der Waals surface area (Å²) >= 11 is 0. The number of aromatic nitrogens is 1. The van der Waals surface area contributed by atoms with E-state index in [4.69, 9.17) is 4.74 Å². The first-order valence-corrected chi connectivity index (χ1v) is 10.4. The average Bonchev–Trinajstić information content (AvgIpc) is 3.18. The van der Waals surface area contributed by atoms with Crippen molar-refractivity contribution in [2.24, 2.45) is 4.99 Å². The maximum absolute atomic E-state index is 14.6. The van der Waals surface area contributed by atoms with Gasteiger partial charge in [0.1, 0.15) is 11.6 Å². The van der Waals surface area contributed by atoms with Gasteiger partial charge in [0.15, 0.2) is 5.96 Å². The SMILES string of the molecule is CN=C(NCCc1c[nH]c2ccc(F)cc12)NCc1ccc(N2CCOCC2)c(F)c1. The molecule has 1 saturated heterocycles. The number of H-pyrrole nitrogens is 1. The minimum atomic E-state index is -0.245. The summed E-state index contributed by atoms with van der Waals surface area (Å²) in [6.07, 6.45) is 2.62. The molecule has 0 atom stereocenters. The predicted octanol–water partition coefficient (Wildman–Crippen LogP) is 3.19. The minimum Gasteiger partial charge on any atom is -0.378 e. The number of ether oxygens (including phenoxy) is 1. The highest BCUT2D eigenvalue weighted by molar-refractivity contribution is 5.83. The molecule has 0 bridgehead atoms. The third-order valence-corrected chi connectivity index (χ3v) is 5.46. The van der Waals surface area contributed by atoms with Crippen LogP contribution in [0.5, 0.6) is 0 Å². The molecule has 0 saturated carbocycles.